The number of carbonyl (C=O) groups is 1. The van der Waals surface area contributed by atoms with Gasteiger partial charge >= 0.3 is 5.97 Å². The number of aryl methyl sites for hydroxylation is 1. The highest BCUT2D eigenvalue weighted by atomic mass is 16.4. The van der Waals surface area contributed by atoms with Gasteiger partial charge in [0.15, 0.2) is 0 Å². The van der Waals surface area contributed by atoms with Crippen molar-refractivity contribution in [1.82, 2.24) is 9.97 Å². The van der Waals surface area contributed by atoms with Gasteiger partial charge in [-0.1, -0.05) is 20.8 Å². The lowest BCUT2D eigenvalue weighted by atomic mass is 9.83. The Balaban J connectivity index is 3.19. The average Bonchev–Trinajstić information content (AvgIpc) is 2.27. The molecule has 1 N–H and O–H groups in total. The molecule has 1 aromatic rings. The van der Waals surface area contributed by atoms with Gasteiger partial charge in [0.2, 0.25) is 0 Å². The van der Waals surface area contributed by atoms with Crippen LogP contribution in [0.5, 0.6) is 0 Å². The molecular weight excluding hydrogens is 204 g/mol. The molecule has 1 heterocycles. The van der Waals surface area contributed by atoms with Crippen LogP contribution in [0, 0.1) is 6.92 Å². The first-order valence-corrected chi connectivity index (χ1v) is 5.52. The van der Waals surface area contributed by atoms with Crippen molar-refractivity contribution < 1.29 is 9.90 Å². The summed E-state index contributed by atoms with van der Waals surface area (Å²) in [7, 11) is 0. The Labute approximate surface area is 95.7 Å². The van der Waals surface area contributed by atoms with Crippen molar-refractivity contribution in [2.75, 3.05) is 0 Å². The fourth-order valence-electron chi connectivity index (χ4n) is 1.53. The Morgan fingerprint density at radius 1 is 1.44 bits per heavy atom. The average molecular weight is 222 g/mol. The van der Waals surface area contributed by atoms with E-state index in [1.807, 2.05) is 0 Å². The number of hydrogen-bond acceptors (Lipinski definition) is 3. The predicted molar refractivity (Wildman–Crippen MR) is 61.7 cm³/mol. The van der Waals surface area contributed by atoms with Gasteiger partial charge in [0.05, 0.1) is 11.3 Å². The van der Waals surface area contributed by atoms with E-state index >= 15 is 0 Å². The van der Waals surface area contributed by atoms with E-state index in [0.29, 0.717) is 5.69 Å². The molecule has 4 heteroatoms. The largest absolute Gasteiger partial charge is 0.478 e. The minimum Gasteiger partial charge on any atom is -0.478 e. The normalized spacial score (nSPS) is 11.5. The summed E-state index contributed by atoms with van der Waals surface area (Å²) in [5.41, 5.74) is 0.644. The van der Waals surface area contributed by atoms with Crippen LogP contribution in [-0.2, 0) is 5.41 Å². The van der Waals surface area contributed by atoms with Gasteiger partial charge in [-0.15, -0.1) is 0 Å². The van der Waals surface area contributed by atoms with Crippen LogP contribution in [0.25, 0.3) is 0 Å². The Morgan fingerprint density at radius 2 is 2.00 bits per heavy atom. The Kier molecular flexibility index (Phi) is 3.62. The van der Waals surface area contributed by atoms with Crippen LogP contribution >= 0.6 is 0 Å². The van der Waals surface area contributed by atoms with Gasteiger partial charge in [-0.05, 0) is 19.8 Å². The number of carboxylic acid groups (broad SMARTS) is 1. The first kappa shape index (κ1) is 12.6. The number of carboxylic acids is 1. The summed E-state index contributed by atoms with van der Waals surface area (Å²) in [4.78, 5) is 19.3. The molecule has 0 radical (unpaired) electrons. The second-order valence-corrected chi connectivity index (χ2v) is 4.27. The summed E-state index contributed by atoms with van der Waals surface area (Å²) in [5.74, 6) is -0.237. The van der Waals surface area contributed by atoms with Crippen molar-refractivity contribution in [1.29, 1.82) is 0 Å². The standard InChI is InChI=1S/C12H18N2O2/c1-5-12(4,6-2)11-13-7-9(10(15)16)8(3)14-11/h7H,5-6H2,1-4H3,(H,15,16). The quantitative estimate of drug-likeness (QED) is 0.850. The number of nitrogens with zero attached hydrogens (tertiary/aromatic N) is 2. The van der Waals surface area contributed by atoms with E-state index in [0.717, 1.165) is 18.7 Å². The van der Waals surface area contributed by atoms with Crippen LogP contribution in [0.4, 0.5) is 0 Å². The van der Waals surface area contributed by atoms with Gasteiger partial charge in [-0.2, -0.15) is 0 Å². The molecule has 0 amide bonds. The van der Waals surface area contributed by atoms with Crippen LogP contribution in [-0.4, -0.2) is 21.0 Å². The fraction of sp³-hybridized carbons (Fsp3) is 0.583. The van der Waals surface area contributed by atoms with Crippen LogP contribution in [0.15, 0.2) is 6.20 Å². The molecule has 0 aliphatic carbocycles. The Morgan fingerprint density at radius 3 is 2.38 bits per heavy atom. The third-order valence-electron chi connectivity index (χ3n) is 3.31. The third-order valence-corrected chi connectivity index (χ3v) is 3.31. The van der Waals surface area contributed by atoms with Crippen LogP contribution < -0.4 is 0 Å². The Hall–Kier alpha value is -1.45. The summed E-state index contributed by atoms with van der Waals surface area (Å²) in [6.45, 7) is 7.99. The van der Waals surface area contributed by atoms with E-state index in [1.54, 1.807) is 6.92 Å². The maximum atomic E-state index is 10.8. The lowest BCUT2D eigenvalue weighted by Crippen LogP contribution is -2.24. The molecule has 0 bridgehead atoms. The van der Waals surface area contributed by atoms with E-state index in [4.69, 9.17) is 5.11 Å². The summed E-state index contributed by atoms with van der Waals surface area (Å²) in [6, 6.07) is 0. The molecule has 88 valence electrons. The molecule has 0 aliphatic heterocycles. The van der Waals surface area contributed by atoms with Crippen LogP contribution in [0.2, 0.25) is 0 Å². The van der Waals surface area contributed by atoms with E-state index < -0.39 is 5.97 Å². The Bertz CT molecular complexity index is 398. The van der Waals surface area contributed by atoms with E-state index in [1.165, 1.54) is 6.20 Å². The van der Waals surface area contributed by atoms with Gasteiger partial charge in [-0.3, -0.25) is 0 Å². The van der Waals surface area contributed by atoms with Crippen molar-refractivity contribution in [3.05, 3.63) is 23.3 Å². The van der Waals surface area contributed by atoms with Crippen LogP contribution in [0.3, 0.4) is 0 Å². The number of rotatable bonds is 4. The molecule has 0 atom stereocenters. The molecule has 1 aromatic heterocycles. The van der Waals surface area contributed by atoms with Gasteiger partial charge in [0, 0.05) is 11.6 Å². The third kappa shape index (κ3) is 2.21. The van der Waals surface area contributed by atoms with Crippen molar-refractivity contribution in [3.8, 4) is 0 Å². The van der Waals surface area contributed by atoms with Gasteiger partial charge < -0.3 is 5.11 Å². The zero-order valence-corrected chi connectivity index (χ0v) is 10.2. The molecule has 16 heavy (non-hydrogen) atoms. The molecule has 0 aliphatic rings. The molecule has 0 aromatic carbocycles. The minimum atomic E-state index is -0.973. The minimum absolute atomic E-state index is 0.0677. The van der Waals surface area contributed by atoms with Crippen molar-refractivity contribution >= 4 is 5.97 Å². The molecule has 4 nitrogen and oxygen atoms in total. The lowest BCUT2D eigenvalue weighted by molar-refractivity contribution is 0.0695. The van der Waals surface area contributed by atoms with Crippen molar-refractivity contribution in [3.63, 3.8) is 0 Å². The highest BCUT2D eigenvalue weighted by Crippen LogP contribution is 2.28. The van der Waals surface area contributed by atoms with E-state index in [9.17, 15) is 4.79 Å². The zero-order chi connectivity index (χ0) is 12.3. The highest BCUT2D eigenvalue weighted by molar-refractivity contribution is 5.88. The summed E-state index contributed by atoms with van der Waals surface area (Å²) in [6.07, 6.45) is 3.29. The molecule has 0 unspecified atom stereocenters. The maximum absolute atomic E-state index is 10.8. The number of hydrogen-bond donors (Lipinski definition) is 1. The summed E-state index contributed by atoms with van der Waals surface area (Å²) >= 11 is 0. The molecule has 0 fully saturated rings. The van der Waals surface area contributed by atoms with Crippen molar-refractivity contribution in [2.24, 2.45) is 0 Å². The predicted octanol–water partition coefficient (Wildman–Crippen LogP) is 2.56. The topological polar surface area (TPSA) is 63.1 Å². The number of aromatic carboxylic acids is 1. The first-order chi connectivity index (χ1) is 7.44. The maximum Gasteiger partial charge on any atom is 0.339 e. The first-order valence-electron chi connectivity index (χ1n) is 5.52. The summed E-state index contributed by atoms with van der Waals surface area (Å²) < 4.78 is 0. The lowest BCUT2D eigenvalue weighted by Gasteiger charge is -2.25. The second kappa shape index (κ2) is 4.60. The SMILES string of the molecule is CCC(C)(CC)c1ncc(C(=O)O)c(C)n1. The molecule has 0 saturated heterocycles. The van der Waals surface area contributed by atoms with Gasteiger partial charge in [0.25, 0.3) is 0 Å². The zero-order valence-electron chi connectivity index (χ0n) is 10.2. The van der Waals surface area contributed by atoms with E-state index in [2.05, 4.69) is 30.7 Å². The molecular formula is C12H18N2O2. The molecule has 0 saturated carbocycles. The monoisotopic (exact) mass is 222 g/mol. The van der Waals surface area contributed by atoms with E-state index in [-0.39, 0.29) is 11.0 Å². The fourth-order valence-corrected chi connectivity index (χ4v) is 1.53. The second-order valence-electron chi connectivity index (χ2n) is 4.27. The molecule has 1 rings (SSSR count). The van der Waals surface area contributed by atoms with Gasteiger partial charge in [-0.25, -0.2) is 14.8 Å². The van der Waals surface area contributed by atoms with Crippen molar-refractivity contribution in [2.45, 2.75) is 46.0 Å². The number of aromatic nitrogens is 2. The van der Waals surface area contributed by atoms with Gasteiger partial charge in [0.1, 0.15) is 5.82 Å². The summed E-state index contributed by atoms with van der Waals surface area (Å²) in [5, 5.41) is 8.89. The highest BCUT2D eigenvalue weighted by Gasteiger charge is 2.26. The van der Waals surface area contributed by atoms with Crippen LogP contribution in [0.1, 0.15) is 55.5 Å². The smallest absolute Gasteiger partial charge is 0.339 e. The molecule has 0 spiro atoms.